The minimum Gasteiger partial charge on any atom is -0.388 e. The molecule has 2 rings (SSSR count). The third-order valence-corrected chi connectivity index (χ3v) is 4.66. The van der Waals surface area contributed by atoms with E-state index in [2.05, 4.69) is 23.6 Å². The van der Waals surface area contributed by atoms with Crippen LogP contribution in [0.5, 0.6) is 0 Å². The summed E-state index contributed by atoms with van der Waals surface area (Å²) in [5.74, 6) is 0.368. The van der Waals surface area contributed by atoms with Gasteiger partial charge in [-0.25, -0.2) is 0 Å². The molecule has 1 saturated carbocycles. The Kier molecular flexibility index (Phi) is 4.28. The molecule has 0 radical (unpaired) electrons. The lowest BCUT2D eigenvalue weighted by atomic mass is 10.0. The Morgan fingerprint density at radius 3 is 2.56 bits per heavy atom. The average molecular weight is 252 g/mol. The van der Waals surface area contributed by atoms with Gasteiger partial charge in [0.2, 0.25) is 0 Å². The van der Waals surface area contributed by atoms with Gasteiger partial charge in [0, 0.05) is 25.6 Å². The van der Waals surface area contributed by atoms with Crippen molar-refractivity contribution in [3.63, 3.8) is 0 Å². The van der Waals surface area contributed by atoms with Crippen molar-refractivity contribution in [3.05, 3.63) is 0 Å². The minimum absolute atomic E-state index is 0.365. The number of nitrogens with one attached hydrogen (secondary N) is 1. The van der Waals surface area contributed by atoms with E-state index < -0.39 is 0 Å². The van der Waals surface area contributed by atoms with Crippen molar-refractivity contribution in [2.24, 2.45) is 11.1 Å². The highest BCUT2D eigenvalue weighted by atomic mass is 15.3. The lowest BCUT2D eigenvalue weighted by molar-refractivity contribution is 0.199. The van der Waals surface area contributed by atoms with Crippen LogP contribution < -0.4 is 5.73 Å². The first-order valence-corrected chi connectivity index (χ1v) is 7.38. The maximum Gasteiger partial charge on any atom is 0.0911 e. The summed E-state index contributed by atoms with van der Waals surface area (Å²) in [4.78, 5) is 5.17. The van der Waals surface area contributed by atoms with Gasteiger partial charge in [0.1, 0.15) is 0 Å². The van der Waals surface area contributed by atoms with Gasteiger partial charge in [0.25, 0.3) is 0 Å². The topological polar surface area (TPSA) is 56.4 Å². The maximum absolute atomic E-state index is 7.48. The molecule has 2 fully saturated rings. The summed E-state index contributed by atoms with van der Waals surface area (Å²) in [6, 6.07) is 0.744. The molecule has 0 spiro atoms. The molecule has 1 aliphatic heterocycles. The Bertz CT molecular complexity index is 294. The van der Waals surface area contributed by atoms with E-state index in [9.17, 15) is 0 Å². The molecule has 4 heteroatoms. The standard InChI is InChI=1S/C14H28N4/c1-3-18(4-2)12-5-8-17(10-12)11-14(6-7-14)9-13(15)16/h12H,3-11H2,1-2H3,(H3,15,16). The van der Waals surface area contributed by atoms with Crippen LogP contribution in [0.25, 0.3) is 0 Å². The molecule has 0 aromatic carbocycles. The summed E-state index contributed by atoms with van der Waals surface area (Å²) in [7, 11) is 0. The average Bonchev–Trinajstić information content (AvgIpc) is 2.88. The molecule has 1 unspecified atom stereocenters. The van der Waals surface area contributed by atoms with E-state index in [1.54, 1.807) is 0 Å². The van der Waals surface area contributed by atoms with Gasteiger partial charge in [0.15, 0.2) is 0 Å². The second-order valence-electron chi connectivity index (χ2n) is 6.10. The molecule has 0 aromatic rings. The van der Waals surface area contributed by atoms with Crippen molar-refractivity contribution in [1.82, 2.24) is 9.80 Å². The highest BCUT2D eigenvalue weighted by Gasteiger charge is 2.45. The zero-order valence-corrected chi connectivity index (χ0v) is 11.9. The van der Waals surface area contributed by atoms with Gasteiger partial charge in [-0.05, 0) is 44.3 Å². The van der Waals surface area contributed by atoms with E-state index in [4.69, 9.17) is 11.1 Å². The van der Waals surface area contributed by atoms with E-state index >= 15 is 0 Å². The highest BCUT2D eigenvalue weighted by Crippen LogP contribution is 2.49. The monoisotopic (exact) mass is 252 g/mol. The maximum atomic E-state index is 7.48. The lowest BCUT2D eigenvalue weighted by Gasteiger charge is -2.27. The third kappa shape index (κ3) is 3.23. The first-order valence-electron chi connectivity index (χ1n) is 7.38. The van der Waals surface area contributed by atoms with Crippen LogP contribution in [-0.2, 0) is 0 Å². The van der Waals surface area contributed by atoms with Crippen molar-refractivity contribution >= 4 is 5.84 Å². The smallest absolute Gasteiger partial charge is 0.0911 e. The second-order valence-corrected chi connectivity index (χ2v) is 6.10. The molecule has 1 aliphatic carbocycles. The summed E-state index contributed by atoms with van der Waals surface area (Å²) in [6.07, 6.45) is 4.63. The first-order chi connectivity index (χ1) is 8.58. The molecule has 3 N–H and O–H groups in total. The number of likely N-dealkylation sites (tertiary alicyclic amines) is 1. The van der Waals surface area contributed by atoms with Crippen LogP contribution in [0.1, 0.15) is 39.5 Å². The molecule has 0 amide bonds. The first kappa shape index (κ1) is 13.8. The molecule has 18 heavy (non-hydrogen) atoms. The summed E-state index contributed by atoms with van der Waals surface area (Å²) < 4.78 is 0. The fourth-order valence-corrected chi connectivity index (χ4v) is 3.44. The number of hydrogen-bond donors (Lipinski definition) is 2. The Balaban J connectivity index is 1.81. The predicted octanol–water partition coefficient (Wildman–Crippen LogP) is 1.51. The fourth-order valence-electron chi connectivity index (χ4n) is 3.44. The molecule has 1 atom stereocenters. The fraction of sp³-hybridized carbons (Fsp3) is 0.929. The third-order valence-electron chi connectivity index (χ3n) is 4.66. The van der Waals surface area contributed by atoms with Crippen molar-refractivity contribution in [2.75, 3.05) is 32.7 Å². The largest absolute Gasteiger partial charge is 0.388 e. The van der Waals surface area contributed by atoms with Crippen molar-refractivity contribution in [1.29, 1.82) is 5.41 Å². The SMILES string of the molecule is CCN(CC)C1CCN(CC2(CC(=N)N)CC2)C1. The number of hydrogen-bond acceptors (Lipinski definition) is 3. The van der Waals surface area contributed by atoms with E-state index in [-0.39, 0.29) is 0 Å². The van der Waals surface area contributed by atoms with Crippen LogP contribution in [-0.4, -0.2) is 54.4 Å². The predicted molar refractivity (Wildman–Crippen MR) is 76.0 cm³/mol. The van der Waals surface area contributed by atoms with Crippen LogP contribution >= 0.6 is 0 Å². The zero-order valence-electron chi connectivity index (χ0n) is 11.9. The summed E-state index contributed by atoms with van der Waals surface area (Å²) in [5.41, 5.74) is 5.93. The molecule has 0 aromatic heterocycles. The van der Waals surface area contributed by atoms with E-state index in [1.807, 2.05) is 0 Å². The minimum atomic E-state index is 0.365. The Morgan fingerprint density at radius 1 is 1.39 bits per heavy atom. The van der Waals surface area contributed by atoms with E-state index in [0.29, 0.717) is 11.3 Å². The Hall–Kier alpha value is -0.610. The van der Waals surface area contributed by atoms with Crippen LogP contribution in [0.2, 0.25) is 0 Å². The lowest BCUT2D eigenvalue weighted by Crippen LogP contribution is -2.38. The number of rotatable bonds is 7. The molecule has 1 heterocycles. The molecule has 4 nitrogen and oxygen atoms in total. The zero-order chi connectivity index (χ0) is 13.2. The van der Waals surface area contributed by atoms with Gasteiger partial charge in [-0.2, -0.15) is 0 Å². The normalized spacial score (nSPS) is 26.7. The van der Waals surface area contributed by atoms with Crippen LogP contribution in [0.3, 0.4) is 0 Å². The highest BCUT2D eigenvalue weighted by molar-refractivity contribution is 5.78. The molecular formula is C14H28N4. The van der Waals surface area contributed by atoms with Crippen LogP contribution in [0, 0.1) is 10.8 Å². The number of amidine groups is 1. The summed E-state index contributed by atoms with van der Waals surface area (Å²) in [5, 5.41) is 7.48. The van der Waals surface area contributed by atoms with E-state index in [1.165, 1.54) is 32.4 Å². The van der Waals surface area contributed by atoms with Crippen LogP contribution in [0.4, 0.5) is 0 Å². The summed E-state index contributed by atoms with van der Waals surface area (Å²) >= 11 is 0. The van der Waals surface area contributed by atoms with E-state index in [0.717, 1.165) is 32.1 Å². The van der Waals surface area contributed by atoms with Gasteiger partial charge < -0.3 is 10.6 Å². The summed E-state index contributed by atoms with van der Waals surface area (Å²) in [6.45, 7) is 10.4. The number of nitrogens with two attached hydrogens (primary N) is 1. The van der Waals surface area contributed by atoms with Gasteiger partial charge in [-0.3, -0.25) is 10.3 Å². The number of nitrogens with zero attached hydrogens (tertiary/aromatic N) is 2. The number of likely N-dealkylation sites (N-methyl/N-ethyl adjacent to an activating group) is 1. The van der Waals surface area contributed by atoms with Crippen molar-refractivity contribution in [2.45, 2.75) is 45.6 Å². The molecule has 2 aliphatic rings. The van der Waals surface area contributed by atoms with Crippen LogP contribution in [0.15, 0.2) is 0 Å². The molecule has 1 saturated heterocycles. The molecular weight excluding hydrogens is 224 g/mol. The molecule has 104 valence electrons. The van der Waals surface area contributed by atoms with Gasteiger partial charge in [-0.15, -0.1) is 0 Å². The Labute approximate surface area is 111 Å². The Morgan fingerprint density at radius 2 is 2.06 bits per heavy atom. The van der Waals surface area contributed by atoms with Gasteiger partial charge in [0.05, 0.1) is 5.84 Å². The van der Waals surface area contributed by atoms with Gasteiger partial charge >= 0.3 is 0 Å². The van der Waals surface area contributed by atoms with Crippen molar-refractivity contribution < 1.29 is 0 Å². The van der Waals surface area contributed by atoms with Crippen molar-refractivity contribution in [3.8, 4) is 0 Å². The van der Waals surface area contributed by atoms with Gasteiger partial charge in [-0.1, -0.05) is 13.8 Å². The second kappa shape index (κ2) is 5.57. The molecule has 0 bridgehead atoms. The quantitative estimate of drug-likeness (QED) is 0.533.